The molecule has 1 heterocycles. The summed E-state index contributed by atoms with van der Waals surface area (Å²) in [5.74, 6) is 0. The number of rotatable bonds is 6. The van der Waals surface area contributed by atoms with Gasteiger partial charge in [0.15, 0.2) is 0 Å². The maximum absolute atomic E-state index is 6.34. The molecule has 0 saturated heterocycles. The van der Waals surface area contributed by atoms with Crippen molar-refractivity contribution in [2.75, 3.05) is 7.11 Å². The molecule has 0 amide bonds. The Kier molecular flexibility index (Phi) is 9.65. The second kappa shape index (κ2) is 12.0. The van der Waals surface area contributed by atoms with Crippen molar-refractivity contribution in [1.29, 1.82) is 0 Å². The minimum Gasteiger partial charge on any atom is -0.387 e. The molecule has 152 valence electrons. The van der Waals surface area contributed by atoms with Crippen LogP contribution in [0.4, 0.5) is 0 Å². The van der Waals surface area contributed by atoms with Gasteiger partial charge in [-0.3, -0.25) is 0 Å². The molecule has 0 N–H and O–H groups in total. The Labute approximate surface area is 191 Å². The topological polar surface area (TPSA) is 39.9 Å². The maximum Gasteiger partial charge on any atom is 2.00 e. The van der Waals surface area contributed by atoms with E-state index >= 15 is 0 Å². The molecule has 29 heavy (non-hydrogen) atoms. The number of nitrogens with zero attached hydrogens (tertiary/aromatic N) is 3. The number of halogens is 2. The molecule has 3 aromatic carbocycles. The molecule has 0 spiro atoms. The van der Waals surface area contributed by atoms with Crippen LogP contribution in [0, 0.1) is 0 Å². The zero-order valence-corrected chi connectivity index (χ0v) is 18.4. The number of benzene rings is 1. The first kappa shape index (κ1) is 23.4. The summed E-state index contributed by atoms with van der Waals surface area (Å²) in [6.07, 6.45) is 3.72. The van der Waals surface area contributed by atoms with Gasteiger partial charge in [-0.25, -0.2) is 33.9 Å². The number of methoxy groups -OCH3 is 1. The summed E-state index contributed by atoms with van der Waals surface area (Å²) in [5, 5.41) is 5.55. The minimum absolute atomic E-state index is 0. The third kappa shape index (κ3) is 6.56. The van der Waals surface area contributed by atoms with Gasteiger partial charge in [0.2, 0.25) is 0 Å². The molecule has 0 aliphatic heterocycles. The monoisotopic (exact) mass is 469 g/mol. The quantitative estimate of drug-likeness (QED) is 0.261. The van der Waals surface area contributed by atoms with Crippen molar-refractivity contribution in [3.63, 3.8) is 0 Å². The summed E-state index contributed by atoms with van der Waals surface area (Å²) in [6, 6.07) is 23.5. The van der Waals surface area contributed by atoms with Crippen LogP contribution in [0.25, 0.3) is 0 Å². The van der Waals surface area contributed by atoms with Crippen LogP contribution in [0.2, 0.25) is 10.0 Å². The first-order valence-corrected chi connectivity index (χ1v) is 9.63. The van der Waals surface area contributed by atoms with E-state index in [2.05, 4.69) is 10.1 Å². The average Bonchev–Trinajstić information content (AvgIpc) is 3.46. The summed E-state index contributed by atoms with van der Waals surface area (Å²) in [7, 11) is 1.70. The van der Waals surface area contributed by atoms with Gasteiger partial charge in [-0.2, -0.15) is 35.4 Å². The largest absolute Gasteiger partial charge is 2.00 e. The van der Waals surface area contributed by atoms with Crippen LogP contribution in [0.1, 0.15) is 23.3 Å². The van der Waals surface area contributed by atoms with E-state index in [0.29, 0.717) is 16.5 Å². The van der Waals surface area contributed by atoms with Gasteiger partial charge in [0.05, 0.1) is 12.1 Å². The van der Waals surface area contributed by atoms with E-state index in [4.69, 9.17) is 27.9 Å². The second-order valence-electron chi connectivity index (χ2n) is 6.22. The smallest absolute Gasteiger partial charge is 0.387 e. The molecule has 0 bridgehead atoms. The summed E-state index contributed by atoms with van der Waals surface area (Å²) in [6.45, 7) is 0. The minimum atomic E-state index is -0.154. The molecule has 0 saturated carbocycles. The maximum atomic E-state index is 6.34. The predicted octanol–water partition coefficient (Wildman–Crippen LogP) is 5.88. The number of ether oxygens (including phenoxy) is 1. The molecular weight excluding hydrogens is 449 g/mol. The van der Waals surface area contributed by atoms with E-state index in [0.717, 1.165) is 11.1 Å². The Morgan fingerprint density at radius 3 is 2.38 bits per heavy atom. The molecule has 2 unspecified atom stereocenters. The fraction of sp³-hybridized carbons (Fsp3) is 0.182. The van der Waals surface area contributed by atoms with Gasteiger partial charge in [-0.15, -0.1) is 5.56 Å². The molecule has 4 aromatic rings. The number of aromatic nitrogens is 3. The Morgan fingerprint density at radius 1 is 1.14 bits per heavy atom. The van der Waals surface area contributed by atoms with Crippen LogP contribution >= 0.6 is 23.2 Å². The van der Waals surface area contributed by atoms with Crippen LogP contribution in [0.5, 0.6) is 0 Å². The van der Waals surface area contributed by atoms with Crippen molar-refractivity contribution < 1.29 is 21.8 Å². The summed E-state index contributed by atoms with van der Waals surface area (Å²) >= 11 is 12.3. The van der Waals surface area contributed by atoms with Gasteiger partial charge in [0.25, 0.3) is 0 Å². The Morgan fingerprint density at radius 2 is 1.86 bits per heavy atom. The van der Waals surface area contributed by atoms with E-state index in [-0.39, 0.29) is 29.2 Å². The molecule has 2 atom stereocenters. The molecular formula is C22H21Cl2FeN3O. The average molecular weight is 470 g/mol. The standard InChI is InChI=1S/C17H16Cl2N3O.C5H5.Fe/c1-23-17(12-4-2-3-5-12)16(22-11-20-10-21-22)8-13-6-7-14(18)9-15(13)19;1-2-4-5-3-1;/h2-7,9-11,16-17H,8H2,1H3;1-5H;/q2*-1;+2. The summed E-state index contributed by atoms with van der Waals surface area (Å²) < 4.78 is 7.57. The number of hydrogen-bond acceptors (Lipinski definition) is 3. The zero-order chi connectivity index (χ0) is 19.8. The molecule has 4 nitrogen and oxygen atoms in total. The van der Waals surface area contributed by atoms with Crippen molar-refractivity contribution in [2.45, 2.75) is 18.6 Å². The van der Waals surface area contributed by atoms with Crippen LogP contribution < -0.4 is 0 Å². The van der Waals surface area contributed by atoms with Gasteiger partial charge >= 0.3 is 17.1 Å². The summed E-state index contributed by atoms with van der Waals surface area (Å²) in [5.41, 5.74) is 2.09. The van der Waals surface area contributed by atoms with E-state index in [9.17, 15) is 0 Å². The van der Waals surface area contributed by atoms with Gasteiger partial charge in [0.1, 0.15) is 12.7 Å². The van der Waals surface area contributed by atoms with Gasteiger partial charge in [0, 0.05) is 17.2 Å². The van der Waals surface area contributed by atoms with Crippen molar-refractivity contribution in [3.05, 3.63) is 107 Å². The SMILES string of the molecule is COC([c-]1cccc1)C(Cc1ccc(Cl)cc1Cl)n1cncn1.[Fe+2].c1cc[cH-]c1. The molecule has 0 aliphatic carbocycles. The molecule has 0 aliphatic rings. The molecule has 7 heteroatoms. The Hall–Kier alpha value is -1.88. The predicted molar refractivity (Wildman–Crippen MR) is 113 cm³/mol. The fourth-order valence-electron chi connectivity index (χ4n) is 3.06. The van der Waals surface area contributed by atoms with Crippen LogP contribution in [-0.2, 0) is 28.2 Å². The third-order valence-corrected chi connectivity index (χ3v) is 4.98. The van der Waals surface area contributed by atoms with Gasteiger partial charge in [-0.05, 0) is 24.1 Å². The van der Waals surface area contributed by atoms with Gasteiger partial charge in [-0.1, -0.05) is 29.3 Å². The van der Waals surface area contributed by atoms with E-state index < -0.39 is 0 Å². The van der Waals surface area contributed by atoms with Crippen LogP contribution in [0.3, 0.4) is 0 Å². The molecule has 0 fully saturated rings. The van der Waals surface area contributed by atoms with Crippen LogP contribution in [0.15, 0.2) is 85.5 Å². The van der Waals surface area contributed by atoms with E-state index in [1.165, 1.54) is 6.33 Å². The normalized spacial score (nSPS) is 12.4. The second-order valence-corrected chi connectivity index (χ2v) is 7.06. The molecule has 1 aromatic heterocycles. The Bertz CT molecular complexity index is 908. The summed E-state index contributed by atoms with van der Waals surface area (Å²) in [4.78, 5) is 4.06. The zero-order valence-electron chi connectivity index (χ0n) is 15.8. The van der Waals surface area contributed by atoms with Crippen molar-refractivity contribution >= 4 is 23.2 Å². The molecule has 0 radical (unpaired) electrons. The fourth-order valence-corrected chi connectivity index (χ4v) is 3.54. The van der Waals surface area contributed by atoms with Crippen molar-refractivity contribution in [2.24, 2.45) is 0 Å². The Balaban J connectivity index is 0.000000437. The van der Waals surface area contributed by atoms with E-state index in [1.54, 1.807) is 19.5 Å². The number of hydrogen-bond donors (Lipinski definition) is 0. The van der Waals surface area contributed by atoms with Crippen molar-refractivity contribution in [3.8, 4) is 0 Å². The molecule has 4 rings (SSSR count). The van der Waals surface area contributed by atoms with E-state index in [1.807, 2.05) is 71.4 Å². The van der Waals surface area contributed by atoms with Crippen molar-refractivity contribution in [1.82, 2.24) is 14.8 Å². The van der Waals surface area contributed by atoms with Crippen LogP contribution in [-0.4, -0.2) is 21.9 Å². The first-order valence-electron chi connectivity index (χ1n) is 8.88. The third-order valence-electron chi connectivity index (χ3n) is 4.40. The first-order chi connectivity index (χ1) is 13.7. The van der Waals surface area contributed by atoms with Gasteiger partial charge < -0.3 is 4.74 Å².